The molecule has 2 heterocycles. The van der Waals surface area contributed by atoms with Gasteiger partial charge in [0, 0.05) is 35.8 Å². The molecule has 1 saturated heterocycles. The number of benzene rings is 1. The summed E-state index contributed by atoms with van der Waals surface area (Å²) in [6.45, 7) is 0.271. The molecule has 3 rings (SSSR count). The Bertz CT molecular complexity index is 1150. The minimum absolute atomic E-state index is 0.0288. The summed E-state index contributed by atoms with van der Waals surface area (Å²) in [7, 11) is 0. The number of carboxylic acids is 1. The lowest BCUT2D eigenvalue weighted by Gasteiger charge is -2.28. The molecule has 36 heavy (non-hydrogen) atoms. The van der Waals surface area contributed by atoms with Crippen LogP contribution < -0.4 is 22.1 Å². The van der Waals surface area contributed by atoms with Crippen molar-refractivity contribution in [3.05, 3.63) is 36.0 Å². The van der Waals surface area contributed by atoms with Crippen LogP contribution in [0.3, 0.4) is 0 Å². The number of carbonyl (C=O) groups is 5. The maximum atomic E-state index is 12.9. The lowest BCUT2D eigenvalue weighted by atomic mass is 10.0. The first-order chi connectivity index (χ1) is 17.1. The van der Waals surface area contributed by atoms with E-state index in [0.29, 0.717) is 12.8 Å². The molecular weight excluding hydrogens is 488 g/mol. The summed E-state index contributed by atoms with van der Waals surface area (Å²) >= 11 is 4.14. The number of para-hydroxylation sites is 1. The molecule has 1 fully saturated rings. The average Bonchev–Trinajstić information content (AvgIpc) is 3.48. The van der Waals surface area contributed by atoms with E-state index in [1.165, 1.54) is 4.90 Å². The van der Waals surface area contributed by atoms with Gasteiger partial charge in [0.2, 0.25) is 23.6 Å². The van der Waals surface area contributed by atoms with Crippen LogP contribution in [0.1, 0.15) is 24.8 Å². The van der Waals surface area contributed by atoms with Gasteiger partial charge in [-0.15, -0.1) is 0 Å². The number of aromatic amines is 1. The lowest BCUT2D eigenvalue weighted by Crippen LogP contribution is -2.57. The number of fused-ring (bicyclic) bond motifs is 1. The van der Waals surface area contributed by atoms with Crippen molar-refractivity contribution in [1.82, 2.24) is 20.5 Å². The number of hydrogen-bond donors (Lipinski definition) is 7. The first-order valence-electron chi connectivity index (χ1n) is 11.5. The van der Waals surface area contributed by atoms with Crippen molar-refractivity contribution in [1.29, 1.82) is 0 Å². The number of carbonyl (C=O) groups excluding carboxylic acids is 4. The van der Waals surface area contributed by atoms with Crippen LogP contribution in [0, 0.1) is 0 Å². The third-order valence-electron chi connectivity index (χ3n) is 6.11. The summed E-state index contributed by atoms with van der Waals surface area (Å²) in [5.74, 6) is -3.95. The van der Waals surface area contributed by atoms with Gasteiger partial charge < -0.3 is 37.1 Å². The Balaban J connectivity index is 1.65. The van der Waals surface area contributed by atoms with Crippen LogP contribution >= 0.6 is 12.6 Å². The van der Waals surface area contributed by atoms with Crippen LogP contribution in [0.4, 0.5) is 0 Å². The zero-order chi connectivity index (χ0) is 26.4. The molecule has 8 N–H and O–H groups in total. The fourth-order valence-corrected chi connectivity index (χ4v) is 4.53. The van der Waals surface area contributed by atoms with E-state index in [4.69, 9.17) is 11.5 Å². The Labute approximate surface area is 212 Å². The predicted molar refractivity (Wildman–Crippen MR) is 134 cm³/mol. The zero-order valence-electron chi connectivity index (χ0n) is 19.5. The molecule has 0 aliphatic carbocycles. The van der Waals surface area contributed by atoms with Crippen LogP contribution in [0.5, 0.6) is 0 Å². The fourth-order valence-electron chi connectivity index (χ4n) is 4.27. The molecule has 4 amide bonds. The molecule has 4 unspecified atom stereocenters. The second-order valence-electron chi connectivity index (χ2n) is 8.67. The minimum Gasteiger partial charge on any atom is -0.480 e. The maximum absolute atomic E-state index is 12.9. The summed E-state index contributed by atoms with van der Waals surface area (Å²) in [5.41, 5.74) is 12.4. The van der Waals surface area contributed by atoms with Gasteiger partial charge in [0.25, 0.3) is 0 Å². The number of nitrogens with zero attached hydrogens (tertiary/aromatic N) is 1. The second-order valence-corrected chi connectivity index (χ2v) is 9.04. The number of nitrogens with two attached hydrogens (primary N) is 2. The molecule has 0 saturated carbocycles. The van der Waals surface area contributed by atoms with Gasteiger partial charge in [-0.25, -0.2) is 4.79 Å². The highest BCUT2D eigenvalue weighted by Gasteiger charge is 2.38. The maximum Gasteiger partial charge on any atom is 0.326 e. The number of thiol groups is 1. The van der Waals surface area contributed by atoms with Crippen LogP contribution in [0.15, 0.2) is 30.5 Å². The van der Waals surface area contributed by atoms with Gasteiger partial charge in [-0.3, -0.25) is 19.2 Å². The Morgan fingerprint density at radius 2 is 1.89 bits per heavy atom. The van der Waals surface area contributed by atoms with Gasteiger partial charge in [0.05, 0.1) is 12.5 Å². The quantitative estimate of drug-likeness (QED) is 0.183. The van der Waals surface area contributed by atoms with E-state index in [0.717, 1.165) is 16.5 Å². The summed E-state index contributed by atoms with van der Waals surface area (Å²) in [4.78, 5) is 65.7. The molecular formula is C23H30N6O6S. The number of rotatable bonds is 11. The Kier molecular flexibility index (Phi) is 8.93. The van der Waals surface area contributed by atoms with Crippen molar-refractivity contribution in [2.45, 2.75) is 49.9 Å². The molecule has 2 aromatic rings. The molecule has 4 atom stereocenters. The van der Waals surface area contributed by atoms with Crippen LogP contribution in [0.2, 0.25) is 0 Å². The van der Waals surface area contributed by atoms with Crippen molar-refractivity contribution in [3.63, 3.8) is 0 Å². The molecule has 1 aliphatic heterocycles. The van der Waals surface area contributed by atoms with Crippen molar-refractivity contribution in [2.24, 2.45) is 11.5 Å². The first kappa shape index (κ1) is 27.0. The molecule has 1 aliphatic rings. The Hall–Kier alpha value is -3.58. The molecule has 1 aromatic heterocycles. The van der Waals surface area contributed by atoms with Crippen LogP contribution in [-0.4, -0.2) is 81.1 Å². The van der Waals surface area contributed by atoms with Gasteiger partial charge in [-0.05, 0) is 24.5 Å². The molecule has 12 nitrogen and oxygen atoms in total. The molecule has 13 heteroatoms. The molecule has 0 spiro atoms. The molecule has 0 radical (unpaired) electrons. The highest BCUT2D eigenvalue weighted by atomic mass is 32.1. The van der Waals surface area contributed by atoms with E-state index in [1.807, 2.05) is 24.3 Å². The van der Waals surface area contributed by atoms with Gasteiger partial charge >= 0.3 is 5.97 Å². The number of primary amides is 1. The number of H-pyrrole nitrogens is 1. The summed E-state index contributed by atoms with van der Waals surface area (Å²) < 4.78 is 0. The summed E-state index contributed by atoms with van der Waals surface area (Å²) in [5, 5.41) is 15.6. The van der Waals surface area contributed by atoms with Gasteiger partial charge in [0.15, 0.2) is 0 Å². The van der Waals surface area contributed by atoms with E-state index < -0.39 is 53.8 Å². The highest BCUT2D eigenvalue weighted by Crippen LogP contribution is 2.20. The van der Waals surface area contributed by atoms with Crippen molar-refractivity contribution < 1.29 is 29.1 Å². The third-order valence-corrected chi connectivity index (χ3v) is 6.47. The largest absolute Gasteiger partial charge is 0.480 e. The predicted octanol–water partition coefficient (Wildman–Crippen LogP) is -1.11. The van der Waals surface area contributed by atoms with Crippen molar-refractivity contribution in [3.8, 4) is 0 Å². The second kappa shape index (κ2) is 11.9. The Morgan fingerprint density at radius 1 is 1.17 bits per heavy atom. The smallest absolute Gasteiger partial charge is 0.326 e. The van der Waals surface area contributed by atoms with Gasteiger partial charge in [-0.2, -0.15) is 12.6 Å². The number of carboxylic acid groups (broad SMARTS) is 1. The number of aromatic nitrogens is 1. The number of aliphatic carboxylic acids is 1. The van der Waals surface area contributed by atoms with Gasteiger partial charge in [0.1, 0.15) is 18.1 Å². The number of amides is 4. The topological polar surface area (TPSA) is 201 Å². The average molecular weight is 519 g/mol. The van der Waals surface area contributed by atoms with Crippen molar-refractivity contribution in [2.75, 3.05) is 12.3 Å². The highest BCUT2D eigenvalue weighted by molar-refractivity contribution is 7.80. The Morgan fingerprint density at radius 3 is 2.56 bits per heavy atom. The van der Waals surface area contributed by atoms with Gasteiger partial charge in [-0.1, -0.05) is 18.2 Å². The fraction of sp³-hybridized carbons (Fsp3) is 0.435. The number of likely N-dealkylation sites (tertiary alicyclic amines) is 1. The standard InChI is InChI=1S/C23H30N6O6S/c24-14(9-19(25)30)22(33)29-7-3-6-18(29)21(32)28-17(11-36)20(31)27-16(23(34)35)8-12-10-26-15-5-2-1-4-13(12)15/h1-2,4-5,10,14,16-18,26,36H,3,6-9,11,24H2,(H2,25,30)(H,27,31)(H,28,32)(H,34,35). The van der Waals surface area contributed by atoms with E-state index >= 15 is 0 Å². The zero-order valence-corrected chi connectivity index (χ0v) is 20.4. The minimum atomic E-state index is -1.24. The normalized spacial score (nSPS) is 17.8. The SMILES string of the molecule is NC(=O)CC(N)C(=O)N1CCCC1C(=O)NC(CS)C(=O)NC(Cc1c[nH]c2ccccc12)C(=O)O. The monoisotopic (exact) mass is 518 g/mol. The van der Waals surface area contributed by atoms with Crippen molar-refractivity contribution >= 4 is 53.1 Å². The van der Waals surface area contributed by atoms with E-state index in [9.17, 15) is 29.1 Å². The van der Waals surface area contributed by atoms with Crippen LogP contribution in [-0.2, 0) is 30.4 Å². The number of nitrogens with one attached hydrogen (secondary N) is 3. The van der Waals surface area contributed by atoms with Crippen LogP contribution in [0.25, 0.3) is 10.9 Å². The summed E-state index contributed by atoms with van der Waals surface area (Å²) in [6, 6.07) is 2.96. The third kappa shape index (κ3) is 6.34. The molecule has 194 valence electrons. The molecule has 1 aromatic carbocycles. The van der Waals surface area contributed by atoms with E-state index in [-0.39, 0.29) is 25.1 Å². The molecule has 0 bridgehead atoms. The lowest BCUT2D eigenvalue weighted by molar-refractivity contribution is -0.143. The first-order valence-corrected chi connectivity index (χ1v) is 12.1. The summed E-state index contributed by atoms with van der Waals surface area (Å²) in [6.07, 6.45) is 2.26. The number of hydrogen-bond acceptors (Lipinski definition) is 7. The van der Waals surface area contributed by atoms with E-state index in [2.05, 4.69) is 28.2 Å². The van der Waals surface area contributed by atoms with E-state index in [1.54, 1.807) is 6.20 Å².